The second kappa shape index (κ2) is 6.78. The van der Waals surface area contributed by atoms with Crippen LogP contribution in [0.25, 0.3) is 0 Å². The molecule has 0 saturated carbocycles. The Hall–Kier alpha value is -1.51. The lowest BCUT2D eigenvalue weighted by Crippen LogP contribution is -2.27. The summed E-state index contributed by atoms with van der Waals surface area (Å²) in [5.74, 6) is -2.24. The van der Waals surface area contributed by atoms with E-state index in [-0.39, 0.29) is 17.0 Å². The van der Waals surface area contributed by atoms with E-state index in [1.807, 2.05) is 0 Å². The Kier molecular flexibility index (Phi) is 5.61. The molecule has 20 heavy (non-hydrogen) atoms. The van der Waals surface area contributed by atoms with Crippen LogP contribution in [0.15, 0.2) is 17.0 Å². The van der Waals surface area contributed by atoms with Crippen LogP contribution in [0.2, 0.25) is 0 Å². The molecule has 0 bridgehead atoms. The molecule has 6 nitrogen and oxygen atoms in total. The van der Waals surface area contributed by atoms with Crippen molar-refractivity contribution in [2.75, 3.05) is 20.1 Å². The standard InChI is InChI=1S/C12H17FN2O4S/c1-8-10(13)6-9(12(16)17)7-11(8)20(18,19)15-5-3-4-14-2/h6-7,14-15H,3-5H2,1-2H3,(H,16,17). The van der Waals surface area contributed by atoms with Crippen molar-refractivity contribution in [1.29, 1.82) is 0 Å². The topological polar surface area (TPSA) is 95.5 Å². The molecular weight excluding hydrogens is 287 g/mol. The van der Waals surface area contributed by atoms with Crippen molar-refractivity contribution < 1.29 is 22.7 Å². The number of carbonyl (C=O) groups is 1. The number of carboxylic acids is 1. The Morgan fingerprint density at radius 2 is 2.00 bits per heavy atom. The second-order valence-corrected chi connectivity index (χ2v) is 5.98. The molecule has 0 spiro atoms. The number of nitrogens with one attached hydrogen (secondary N) is 2. The van der Waals surface area contributed by atoms with E-state index in [1.54, 1.807) is 7.05 Å². The summed E-state index contributed by atoms with van der Waals surface area (Å²) in [6.45, 7) is 2.11. The molecule has 3 N–H and O–H groups in total. The first-order valence-corrected chi connectivity index (χ1v) is 7.45. The summed E-state index contributed by atoms with van der Waals surface area (Å²) in [4.78, 5) is 10.5. The van der Waals surface area contributed by atoms with E-state index in [4.69, 9.17) is 5.11 Å². The van der Waals surface area contributed by atoms with Crippen LogP contribution in [0.3, 0.4) is 0 Å². The van der Waals surface area contributed by atoms with Gasteiger partial charge in [-0.1, -0.05) is 0 Å². The number of hydrogen-bond donors (Lipinski definition) is 3. The van der Waals surface area contributed by atoms with E-state index in [0.717, 1.165) is 12.1 Å². The molecule has 1 aromatic rings. The van der Waals surface area contributed by atoms with E-state index < -0.39 is 27.4 Å². The van der Waals surface area contributed by atoms with Crippen LogP contribution in [0.1, 0.15) is 22.3 Å². The van der Waals surface area contributed by atoms with E-state index in [0.29, 0.717) is 13.0 Å². The first kappa shape index (κ1) is 16.5. The number of halogens is 1. The fraction of sp³-hybridized carbons (Fsp3) is 0.417. The molecule has 0 radical (unpaired) electrons. The average molecular weight is 304 g/mol. The first-order valence-electron chi connectivity index (χ1n) is 5.97. The van der Waals surface area contributed by atoms with Crippen LogP contribution >= 0.6 is 0 Å². The zero-order valence-electron chi connectivity index (χ0n) is 11.2. The van der Waals surface area contributed by atoms with Crippen molar-refractivity contribution in [1.82, 2.24) is 10.0 Å². The Morgan fingerprint density at radius 3 is 2.55 bits per heavy atom. The largest absolute Gasteiger partial charge is 0.478 e. The van der Waals surface area contributed by atoms with E-state index >= 15 is 0 Å². The smallest absolute Gasteiger partial charge is 0.335 e. The summed E-state index contributed by atoms with van der Waals surface area (Å²) < 4.78 is 40.0. The summed E-state index contributed by atoms with van der Waals surface area (Å²) in [6.07, 6.45) is 0.565. The number of carboxylic acid groups (broad SMARTS) is 1. The summed E-state index contributed by atoms with van der Waals surface area (Å²) in [5.41, 5.74) is -0.500. The van der Waals surface area contributed by atoms with Gasteiger partial charge in [0, 0.05) is 12.1 Å². The lowest BCUT2D eigenvalue weighted by molar-refractivity contribution is 0.0696. The van der Waals surface area contributed by atoms with Gasteiger partial charge in [0.2, 0.25) is 10.0 Å². The van der Waals surface area contributed by atoms with Gasteiger partial charge in [-0.05, 0) is 39.1 Å². The van der Waals surface area contributed by atoms with Crippen molar-refractivity contribution >= 4 is 16.0 Å². The van der Waals surface area contributed by atoms with Crippen molar-refractivity contribution in [3.05, 3.63) is 29.1 Å². The number of aromatic carboxylic acids is 1. The Bertz CT molecular complexity index is 602. The Morgan fingerprint density at radius 1 is 1.35 bits per heavy atom. The number of hydrogen-bond acceptors (Lipinski definition) is 4. The molecule has 0 atom stereocenters. The van der Waals surface area contributed by atoms with Crippen LogP contribution in [-0.4, -0.2) is 39.6 Å². The highest BCUT2D eigenvalue weighted by molar-refractivity contribution is 7.89. The molecule has 0 fully saturated rings. The maximum absolute atomic E-state index is 13.6. The third kappa shape index (κ3) is 3.99. The normalized spacial score (nSPS) is 11.6. The van der Waals surface area contributed by atoms with Gasteiger partial charge < -0.3 is 10.4 Å². The van der Waals surface area contributed by atoms with Crippen LogP contribution in [0.4, 0.5) is 4.39 Å². The SMILES string of the molecule is CNCCCNS(=O)(=O)c1cc(C(=O)O)cc(F)c1C. The molecule has 0 aliphatic heterocycles. The lowest BCUT2D eigenvalue weighted by atomic mass is 10.1. The van der Waals surface area contributed by atoms with Gasteiger partial charge in [-0.2, -0.15) is 0 Å². The van der Waals surface area contributed by atoms with Gasteiger partial charge in [-0.15, -0.1) is 0 Å². The van der Waals surface area contributed by atoms with Crippen molar-refractivity contribution in [2.45, 2.75) is 18.2 Å². The highest BCUT2D eigenvalue weighted by atomic mass is 32.2. The maximum atomic E-state index is 13.6. The monoisotopic (exact) mass is 304 g/mol. The first-order chi connectivity index (χ1) is 9.29. The quantitative estimate of drug-likeness (QED) is 0.645. The molecule has 0 aliphatic carbocycles. The zero-order chi connectivity index (χ0) is 15.3. The molecule has 0 aromatic heterocycles. The van der Waals surface area contributed by atoms with Gasteiger partial charge in [0.15, 0.2) is 0 Å². The van der Waals surface area contributed by atoms with Crippen LogP contribution in [-0.2, 0) is 10.0 Å². The number of rotatable bonds is 7. The number of benzene rings is 1. The van der Waals surface area contributed by atoms with Crippen molar-refractivity contribution in [3.8, 4) is 0 Å². The van der Waals surface area contributed by atoms with Gasteiger partial charge in [-0.3, -0.25) is 0 Å². The second-order valence-electron chi connectivity index (χ2n) is 4.24. The van der Waals surface area contributed by atoms with Crippen molar-refractivity contribution in [3.63, 3.8) is 0 Å². The maximum Gasteiger partial charge on any atom is 0.335 e. The lowest BCUT2D eigenvalue weighted by Gasteiger charge is -2.11. The molecular formula is C12H17FN2O4S. The predicted molar refractivity (Wildman–Crippen MR) is 71.8 cm³/mol. The van der Waals surface area contributed by atoms with E-state index in [9.17, 15) is 17.6 Å². The summed E-state index contributed by atoms with van der Waals surface area (Å²) >= 11 is 0. The van der Waals surface area contributed by atoms with Gasteiger partial charge in [0.05, 0.1) is 10.5 Å². The molecule has 0 saturated heterocycles. The zero-order valence-corrected chi connectivity index (χ0v) is 12.1. The van der Waals surface area contributed by atoms with E-state index in [1.165, 1.54) is 6.92 Å². The average Bonchev–Trinajstić information content (AvgIpc) is 2.37. The highest BCUT2D eigenvalue weighted by Gasteiger charge is 2.21. The highest BCUT2D eigenvalue weighted by Crippen LogP contribution is 2.20. The molecule has 112 valence electrons. The number of sulfonamides is 1. The molecule has 8 heteroatoms. The Balaban J connectivity index is 3.07. The molecule has 1 rings (SSSR count). The predicted octanol–water partition coefficient (Wildman–Crippen LogP) is 0.720. The summed E-state index contributed by atoms with van der Waals surface area (Å²) in [5, 5.41) is 11.7. The molecule has 0 aliphatic rings. The minimum atomic E-state index is -3.93. The third-order valence-electron chi connectivity index (χ3n) is 2.73. The molecule has 0 heterocycles. The minimum absolute atomic E-state index is 0.101. The van der Waals surface area contributed by atoms with Gasteiger partial charge in [0.1, 0.15) is 5.82 Å². The van der Waals surface area contributed by atoms with Gasteiger partial charge in [0.25, 0.3) is 0 Å². The molecule has 0 unspecified atom stereocenters. The Labute approximate surface area is 117 Å². The fourth-order valence-corrected chi connectivity index (χ4v) is 2.96. The van der Waals surface area contributed by atoms with E-state index in [2.05, 4.69) is 10.0 Å². The molecule has 0 amide bonds. The minimum Gasteiger partial charge on any atom is -0.478 e. The fourth-order valence-electron chi connectivity index (χ4n) is 1.61. The van der Waals surface area contributed by atoms with Crippen LogP contribution in [0.5, 0.6) is 0 Å². The molecule has 1 aromatic carbocycles. The summed E-state index contributed by atoms with van der Waals surface area (Å²) in [7, 11) is -2.19. The van der Waals surface area contributed by atoms with Crippen LogP contribution in [0, 0.1) is 12.7 Å². The van der Waals surface area contributed by atoms with Gasteiger partial charge in [-0.25, -0.2) is 22.3 Å². The van der Waals surface area contributed by atoms with Gasteiger partial charge >= 0.3 is 5.97 Å². The van der Waals surface area contributed by atoms with Crippen molar-refractivity contribution in [2.24, 2.45) is 0 Å². The summed E-state index contributed by atoms with van der Waals surface area (Å²) in [6, 6.07) is 1.76. The third-order valence-corrected chi connectivity index (χ3v) is 4.32. The van der Waals surface area contributed by atoms with Crippen LogP contribution < -0.4 is 10.0 Å².